The zero-order valence-corrected chi connectivity index (χ0v) is 12.8. The molecule has 0 spiro atoms. The Hall–Kier alpha value is -1.51. The van der Waals surface area contributed by atoms with Crippen LogP contribution in [0.5, 0.6) is 0 Å². The highest BCUT2D eigenvalue weighted by atomic mass is 32.2. The third kappa shape index (κ3) is 3.99. The lowest BCUT2D eigenvalue weighted by Gasteiger charge is -2.39. The second-order valence-electron chi connectivity index (χ2n) is 4.96. The van der Waals surface area contributed by atoms with Crippen molar-refractivity contribution in [1.82, 2.24) is 4.98 Å². The number of aromatic nitrogens is 1. The van der Waals surface area contributed by atoms with Gasteiger partial charge >= 0.3 is 21.0 Å². The molecule has 1 rings (SSSR count). The third-order valence-electron chi connectivity index (χ3n) is 2.89. The predicted molar refractivity (Wildman–Crippen MR) is 74.5 cm³/mol. The lowest BCUT2D eigenvalue weighted by atomic mass is 10.1. The molecule has 0 amide bonds. The number of likely N-dealkylation sites (N-methyl/N-ethyl adjacent to an activating group) is 1. The SMILES string of the molecule is CCC(C(=O)O)([N+](C)(C)C)S(=O)(=O)O.c1ccncc1. The van der Waals surface area contributed by atoms with E-state index in [0.29, 0.717) is 0 Å². The molecule has 0 saturated carbocycles. The largest absolute Gasteiger partial charge is 0.476 e. The van der Waals surface area contributed by atoms with Gasteiger partial charge < -0.3 is 9.59 Å². The van der Waals surface area contributed by atoms with Crippen LogP contribution < -0.4 is 0 Å². The zero-order chi connectivity index (χ0) is 16.0. The Balaban J connectivity index is 0.000000493. The van der Waals surface area contributed by atoms with E-state index < -0.39 is 25.4 Å². The normalized spacial score (nSPS) is 14.7. The van der Waals surface area contributed by atoms with Crippen molar-refractivity contribution in [2.24, 2.45) is 0 Å². The molecule has 2 N–H and O–H groups in total. The number of nitrogens with zero attached hydrogens (tertiary/aromatic N) is 2. The van der Waals surface area contributed by atoms with Crippen molar-refractivity contribution in [3.8, 4) is 0 Å². The lowest BCUT2D eigenvalue weighted by Crippen LogP contribution is -2.65. The summed E-state index contributed by atoms with van der Waals surface area (Å²) >= 11 is 0. The summed E-state index contributed by atoms with van der Waals surface area (Å²) < 4.78 is 30.9. The summed E-state index contributed by atoms with van der Waals surface area (Å²) in [5, 5.41) is 8.94. The number of hydrogen-bond acceptors (Lipinski definition) is 4. The van der Waals surface area contributed by atoms with Crippen LogP contribution in [-0.2, 0) is 14.9 Å². The lowest BCUT2D eigenvalue weighted by molar-refractivity contribution is -0.898. The Morgan fingerprint density at radius 1 is 1.20 bits per heavy atom. The Bertz CT molecular complexity index is 498. The highest BCUT2D eigenvalue weighted by Crippen LogP contribution is 2.28. The van der Waals surface area contributed by atoms with Gasteiger partial charge in [0.1, 0.15) is 0 Å². The van der Waals surface area contributed by atoms with Gasteiger partial charge in [0.25, 0.3) is 0 Å². The summed E-state index contributed by atoms with van der Waals surface area (Å²) in [4.78, 5) is 12.6. The number of quaternary nitrogens is 1. The van der Waals surface area contributed by atoms with Crippen molar-refractivity contribution in [1.29, 1.82) is 0 Å². The number of hydrogen-bond donors (Lipinski definition) is 2. The molecule has 0 fully saturated rings. The van der Waals surface area contributed by atoms with Gasteiger partial charge in [-0.2, -0.15) is 8.42 Å². The fourth-order valence-corrected chi connectivity index (χ4v) is 3.14. The molecule has 1 aromatic heterocycles. The van der Waals surface area contributed by atoms with Crippen LogP contribution in [0, 0.1) is 0 Å². The second-order valence-corrected chi connectivity index (χ2v) is 6.58. The minimum Gasteiger partial charge on any atom is -0.476 e. The third-order valence-corrected chi connectivity index (χ3v) is 4.75. The number of pyridine rings is 1. The molecule has 20 heavy (non-hydrogen) atoms. The number of aliphatic carboxylic acids is 1. The molecule has 8 heteroatoms. The number of rotatable bonds is 4. The predicted octanol–water partition coefficient (Wildman–Crippen LogP) is 0.853. The van der Waals surface area contributed by atoms with E-state index in [-0.39, 0.29) is 6.42 Å². The summed E-state index contributed by atoms with van der Waals surface area (Å²) in [6.45, 7) is 1.41. The van der Waals surface area contributed by atoms with Gasteiger partial charge in [-0.25, -0.2) is 4.79 Å². The summed E-state index contributed by atoms with van der Waals surface area (Å²) in [6.07, 6.45) is 3.30. The smallest absolute Gasteiger partial charge is 0.384 e. The van der Waals surface area contributed by atoms with E-state index in [1.165, 1.54) is 28.1 Å². The fraction of sp³-hybridized carbons (Fsp3) is 0.500. The van der Waals surface area contributed by atoms with E-state index in [2.05, 4.69) is 4.98 Å². The summed E-state index contributed by atoms with van der Waals surface area (Å²) in [6, 6.07) is 5.72. The number of carboxylic acid groups (broad SMARTS) is 1. The first kappa shape index (κ1) is 18.5. The average Bonchev–Trinajstić information content (AvgIpc) is 2.29. The molecule has 0 aliphatic carbocycles. The minimum absolute atomic E-state index is 0.204. The van der Waals surface area contributed by atoms with Gasteiger partial charge in [-0.3, -0.25) is 9.54 Å². The molecule has 0 aliphatic rings. The van der Waals surface area contributed by atoms with E-state index in [1.54, 1.807) is 12.4 Å². The van der Waals surface area contributed by atoms with Crippen LogP contribution in [0.1, 0.15) is 13.3 Å². The number of carboxylic acids is 1. The summed E-state index contributed by atoms with van der Waals surface area (Å²) in [5.41, 5.74) is 0. The minimum atomic E-state index is -4.66. The zero-order valence-electron chi connectivity index (χ0n) is 12.0. The molecule has 1 unspecified atom stereocenters. The van der Waals surface area contributed by atoms with Crippen molar-refractivity contribution in [3.63, 3.8) is 0 Å². The van der Waals surface area contributed by atoms with Crippen LogP contribution in [0.2, 0.25) is 0 Å². The van der Waals surface area contributed by atoms with Crippen LogP contribution in [0.25, 0.3) is 0 Å². The Morgan fingerprint density at radius 2 is 1.65 bits per heavy atom. The Kier molecular flexibility index (Phi) is 6.27. The van der Waals surface area contributed by atoms with Crippen molar-refractivity contribution in [2.45, 2.75) is 18.2 Å². The van der Waals surface area contributed by atoms with E-state index in [4.69, 9.17) is 9.66 Å². The second kappa shape index (κ2) is 6.78. The van der Waals surface area contributed by atoms with E-state index in [1.807, 2.05) is 18.2 Å². The standard InChI is InChI=1S/C7H15NO5S.C5H5N/c1-5-7(6(9)10,8(2,3)4)14(11,12)13;1-2-4-6-5-3-1/h5H2,1-4H3,(H-,9,10,11,12,13);1-5H/p+1. The first-order valence-corrected chi connectivity index (χ1v) is 7.31. The topological polar surface area (TPSA) is 105 Å². The van der Waals surface area contributed by atoms with Crippen LogP contribution in [0.4, 0.5) is 0 Å². The van der Waals surface area contributed by atoms with E-state index in [0.717, 1.165) is 0 Å². The van der Waals surface area contributed by atoms with E-state index >= 15 is 0 Å². The molecule has 0 saturated heterocycles. The quantitative estimate of drug-likeness (QED) is 0.631. The van der Waals surface area contributed by atoms with Gasteiger partial charge in [-0.1, -0.05) is 13.0 Å². The van der Waals surface area contributed by atoms with Crippen LogP contribution in [0.15, 0.2) is 30.6 Å². The van der Waals surface area contributed by atoms with Crippen LogP contribution in [-0.4, -0.2) is 59.5 Å². The van der Waals surface area contributed by atoms with Crippen molar-refractivity contribution in [2.75, 3.05) is 21.1 Å². The van der Waals surface area contributed by atoms with Gasteiger partial charge in [0.15, 0.2) is 0 Å². The molecule has 7 nitrogen and oxygen atoms in total. The Morgan fingerprint density at radius 3 is 1.70 bits per heavy atom. The van der Waals surface area contributed by atoms with E-state index in [9.17, 15) is 13.2 Å². The molecule has 1 aromatic rings. The van der Waals surface area contributed by atoms with Gasteiger partial charge in [0.2, 0.25) is 0 Å². The maximum atomic E-state index is 11.1. The average molecular weight is 305 g/mol. The molecule has 0 aliphatic heterocycles. The van der Waals surface area contributed by atoms with Crippen molar-refractivity contribution >= 4 is 16.1 Å². The fourth-order valence-electron chi connectivity index (χ4n) is 1.86. The summed E-state index contributed by atoms with van der Waals surface area (Å²) in [5.74, 6) is -1.55. The van der Waals surface area contributed by atoms with Crippen LogP contribution >= 0.6 is 0 Å². The maximum absolute atomic E-state index is 11.1. The molecule has 0 radical (unpaired) electrons. The summed E-state index contributed by atoms with van der Waals surface area (Å²) in [7, 11) is -0.437. The highest BCUT2D eigenvalue weighted by Gasteiger charge is 2.60. The first-order chi connectivity index (χ1) is 9.00. The number of carbonyl (C=O) groups is 1. The molecule has 0 aromatic carbocycles. The molecule has 0 bridgehead atoms. The van der Waals surface area contributed by atoms with Crippen molar-refractivity contribution in [3.05, 3.63) is 30.6 Å². The molecular formula is C12H21N2O5S+. The molecular weight excluding hydrogens is 284 g/mol. The molecule has 114 valence electrons. The van der Waals surface area contributed by atoms with Gasteiger partial charge in [-0.15, -0.1) is 0 Å². The van der Waals surface area contributed by atoms with Gasteiger partial charge in [0.05, 0.1) is 21.1 Å². The molecule has 1 heterocycles. The Labute approximate surface area is 119 Å². The first-order valence-electron chi connectivity index (χ1n) is 5.87. The highest BCUT2D eigenvalue weighted by molar-refractivity contribution is 7.87. The van der Waals surface area contributed by atoms with Crippen molar-refractivity contribution < 1.29 is 27.4 Å². The monoisotopic (exact) mass is 305 g/mol. The maximum Gasteiger partial charge on any atom is 0.384 e. The van der Waals surface area contributed by atoms with Gasteiger partial charge in [0, 0.05) is 18.8 Å². The molecule has 1 atom stereocenters. The van der Waals surface area contributed by atoms with Crippen LogP contribution in [0.3, 0.4) is 0 Å². The van der Waals surface area contributed by atoms with Gasteiger partial charge in [-0.05, 0) is 12.1 Å².